The molecule has 0 radical (unpaired) electrons. The molecule has 3 heterocycles. The molecule has 0 saturated heterocycles. The van der Waals surface area contributed by atoms with Gasteiger partial charge < -0.3 is 10.1 Å². The van der Waals surface area contributed by atoms with Gasteiger partial charge in [0.2, 0.25) is 5.82 Å². The van der Waals surface area contributed by atoms with Crippen molar-refractivity contribution in [3.8, 4) is 17.2 Å². The lowest BCUT2D eigenvalue weighted by atomic mass is 10.2. The minimum absolute atomic E-state index is 0.0683. The van der Waals surface area contributed by atoms with Crippen molar-refractivity contribution in [2.75, 3.05) is 0 Å². The molecule has 0 atom stereocenters. The lowest BCUT2D eigenvalue weighted by Crippen LogP contribution is -2.08. The molecule has 0 amide bonds. The highest BCUT2D eigenvalue weighted by molar-refractivity contribution is 5.60. The van der Waals surface area contributed by atoms with Crippen LogP contribution in [0.4, 0.5) is 5.82 Å². The monoisotopic (exact) mass is 449 g/mol. The van der Waals surface area contributed by atoms with Crippen LogP contribution < -0.4 is 0 Å². The highest BCUT2D eigenvalue weighted by atomic mass is 16.6. The topological polar surface area (TPSA) is 133 Å². The minimum Gasteiger partial charge on any atom is -0.358 e. The molecule has 1 N–H and O–H groups in total. The lowest BCUT2D eigenvalue weighted by molar-refractivity contribution is -0.390. The van der Waals surface area contributed by atoms with Crippen LogP contribution in [0, 0.1) is 10.1 Å². The van der Waals surface area contributed by atoms with Gasteiger partial charge in [-0.1, -0.05) is 38.8 Å². The van der Waals surface area contributed by atoms with Crippen molar-refractivity contribution >= 4 is 5.82 Å². The number of aromatic nitrogens is 8. The summed E-state index contributed by atoms with van der Waals surface area (Å²) < 4.78 is 3.50. The maximum atomic E-state index is 11.6. The third-order valence-electron chi connectivity index (χ3n) is 5.45. The fourth-order valence-corrected chi connectivity index (χ4v) is 3.72. The first-order valence-corrected chi connectivity index (χ1v) is 11.2. The van der Waals surface area contributed by atoms with E-state index in [2.05, 4.69) is 34.5 Å². The summed E-state index contributed by atoms with van der Waals surface area (Å²) in [4.78, 5) is 15.9. The zero-order chi connectivity index (χ0) is 23.2. The Bertz CT molecular complexity index is 1190. The first-order chi connectivity index (χ1) is 16.1. The summed E-state index contributed by atoms with van der Waals surface area (Å²) >= 11 is 0. The number of H-pyrrole nitrogens is 1. The molecule has 0 unspecified atom stereocenters. The van der Waals surface area contributed by atoms with Gasteiger partial charge in [-0.15, -0.1) is 10.2 Å². The van der Waals surface area contributed by atoms with E-state index < -0.39 is 4.92 Å². The number of aryl methyl sites for hydroxylation is 2. The van der Waals surface area contributed by atoms with Crippen LogP contribution in [0.25, 0.3) is 17.2 Å². The molecule has 0 aliphatic carbocycles. The Hall–Kier alpha value is -3.89. The molecule has 4 aromatic rings. The standard InChI is InChI=1S/C22H27N9O2/c1-3-5-7-19-23-20(8-6-4-2)29(26-19)15-16-9-11-17(12-10-16)30-18(22-24-27-28-25-22)13-14-21(30)31(32)33/h9-14H,3-8,15H2,1-2H3,(H,24,25,27,28). The van der Waals surface area contributed by atoms with E-state index >= 15 is 0 Å². The van der Waals surface area contributed by atoms with Crippen molar-refractivity contribution in [3.05, 3.63) is 63.7 Å². The van der Waals surface area contributed by atoms with E-state index in [1.807, 2.05) is 28.9 Å². The number of tetrazole rings is 1. The molecular formula is C22H27N9O2. The molecule has 172 valence electrons. The summed E-state index contributed by atoms with van der Waals surface area (Å²) in [5.41, 5.74) is 2.17. The summed E-state index contributed by atoms with van der Waals surface area (Å²) in [5, 5.41) is 30.2. The molecule has 3 aromatic heterocycles. The molecule has 1 aromatic carbocycles. The van der Waals surface area contributed by atoms with Crippen LogP contribution >= 0.6 is 0 Å². The molecule has 4 rings (SSSR count). The second kappa shape index (κ2) is 10.2. The molecule has 33 heavy (non-hydrogen) atoms. The summed E-state index contributed by atoms with van der Waals surface area (Å²) in [5.74, 6) is 2.12. The predicted octanol–water partition coefficient (Wildman–Crippen LogP) is 3.89. The van der Waals surface area contributed by atoms with Crippen LogP contribution in [0.1, 0.15) is 56.7 Å². The second-order valence-electron chi connectivity index (χ2n) is 7.88. The Kier molecular flexibility index (Phi) is 6.86. The molecule has 0 saturated carbocycles. The Labute approximate surface area is 191 Å². The molecule has 0 aliphatic heterocycles. The van der Waals surface area contributed by atoms with Crippen LogP contribution in [0.3, 0.4) is 0 Å². The van der Waals surface area contributed by atoms with Crippen LogP contribution in [-0.4, -0.2) is 44.9 Å². The molecular weight excluding hydrogens is 422 g/mol. The van der Waals surface area contributed by atoms with Gasteiger partial charge in [-0.3, -0.25) is 0 Å². The van der Waals surface area contributed by atoms with Crippen molar-refractivity contribution in [2.24, 2.45) is 0 Å². The number of hydrogen-bond acceptors (Lipinski definition) is 7. The molecule has 0 fully saturated rings. The number of unbranched alkanes of at least 4 members (excludes halogenated alkanes) is 2. The minimum atomic E-state index is -0.426. The van der Waals surface area contributed by atoms with Gasteiger partial charge >= 0.3 is 5.82 Å². The number of nitro groups is 1. The summed E-state index contributed by atoms with van der Waals surface area (Å²) in [6.07, 6.45) is 6.14. The molecule has 0 bridgehead atoms. The van der Waals surface area contributed by atoms with Gasteiger partial charge in [0.05, 0.1) is 6.54 Å². The van der Waals surface area contributed by atoms with E-state index in [-0.39, 0.29) is 11.6 Å². The lowest BCUT2D eigenvalue weighted by Gasteiger charge is -2.08. The largest absolute Gasteiger partial charge is 0.358 e. The predicted molar refractivity (Wildman–Crippen MR) is 122 cm³/mol. The summed E-state index contributed by atoms with van der Waals surface area (Å²) in [7, 11) is 0. The quantitative estimate of drug-likeness (QED) is 0.271. The SMILES string of the molecule is CCCCc1nc(CCCC)n(Cc2ccc(-n3c(-c4nn[nH]n4)ccc3[N+](=O)[O-])cc2)n1. The van der Waals surface area contributed by atoms with E-state index in [0.29, 0.717) is 17.9 Å². The van der Waals surface area contributed by atoms with Crippen molar-refractivity contribution in [3.63, 3.8) is 0 Å². The van der Waals surface area contributed by atoms with Gasteiger partial charge in [0.1, 0.15) is 11.5 Å². The number of rotatable bonds is 11. The Morgan fingerprint density at radius 2 is 1.79 bits per heavy atom. The van der Waals surface area contributed by atoms with Gasteiger partial charge in [-0.25, -0.2) is 9.67 Å². The average molecular weight is 450 g/mol. The van der Waals surface area contributed by atoms with Gasteiger partial charge in [0, 0.05) is 18.9 Å². The highest BCUT2D eigenvalue weighted by Gasteiger charge is 2.24. The number of nitrogens with one attached hydrogen (secondary N) is 1. The maximum absolute atomic E-state index is 11.6. The Morgan fingerprint density at radius 1 is 1.03 bits per heavy atom. The van der Waals surface area contributed by atoms with Crippen molar-refractivity contribution in [1.29, 1.82) is 0 Å². The summed E-state index contributed by atoms with van der Waals surface area (Å²) in [6, 6.07) is 10.7. The normalized spacial score (nSPS) is 11.2. The molecule has 11 heteroatoms. The summed E-state index contributed by atoms with van der Waals surface area (Å²) in [6.45, 7) is 4.93. The maximum Gasteiger partial charge on any atom is 0.328 e. The fraction of sp³-hybridized carbons (Fsp3) is 0.409. The number of hydrogen-bond donors (Lipinski definition) is 1. The van der Waals surface area contributed by atoms with Crippen molar-refractivity contribution in [1.82, 2.24) is 40.0 Å². The number of aromatic amines is 1. The van der Waals surface area contributed by atoms with Gasteiger partial charge in [0.15, 0.2) is 11.5 Å². The fourth-order valence-electron chi connectivity index (χ4n) is 3.72. The number of nitrogens with zero attached hydrogens (tertiary/aromatic N) is 8. The van der Waals surface area contributed by atoms with Crippen LogP contribution in [-0.2, 0) is 19.4 Å². The van der Waals surface area contributed by atoms with Gasteiger partial charge in [0.25, 0.3) is 0 Å². The van der Waals surface area contributed by atoms with E-state index in [4.69, 9.17) is 10.1 Å². The highest BCUT2D eigenvalue weighted by Crippen LogP contribution is 2.28. The smallest absolute Gasteiger partial charge is 0.328 e. The zero-order valence-electron chi connectivity index (χ0n) is 18.8. The molecule has 0 aliphatic rings. The van der Waals surface area contributed by atoms with E-state index in [0.717, 1.165) is 55.7 Å². The van der Waals surface area contributed by atoms with Gasteiger partial charge in [-0.2, -0.15) is 14.9 Å². The van der Waals surface area contributed by atoms with Crippen molar-refractivity contribution in [2.45, 2.75) is 58.9 Å². The molecule has 0 spiro atoms. The van der Waals surface area contributed by atoms with Crippen LogP contribution in [0.5, 0.6) is 0 Å². The number of benzene rings is 1. The van der Waals surface area contributed by atoms with E-state index in [1.165, 1.54) is 10.6 Å². The van der Waals surface area contributed by atoms with Crippen molar-refractivity contribution < 1.29 is 4.92 Å². The third kappa shape index (κ3) is 4.97. The first-order valence-electron chi connectivity index (χ1n) is 11.2. The van der Waals surface area contributed by atoms with Crippen LogP contribution in [0.15, 0.2) is 36.4 Å². The first kappa shape index (κ1) is 22.3. The van der Waals surface area contributed by atoms with E-state index in [9.17, 15) is 10.1 Å². The Morgan fingerprint density at radius 3 is 2.45 bits per heavy atom. The average Bonchev–Trinajstić information content (AvgIpc) is 3.56. The van der Waals surface area contributed by atoms with Gasteiger partial charge in [-0.05, 0) is 46.7 Å². The second-order valence-corrected chi connectivity index (χ2v) is 7.88. The van der Waals surface area contributed by atoms with Crippen LogP contribution in [0.2, 0.25) is 0 Å². The Balaban J connectivity index is 1.61. The van der Waals surface area contributed by atoms with E-state index in [1.54, 1.807) is 6.07 Å². The third-order valence-corrected chi connectivity index (χ3v) is 5.45. The zero-order valence-corrected chi connectivity index (χ0v) is 18.8. The molecule has 11 nitrogen and oxygen atoms in total.